The van der Waals surface area contributed by atoms with Gasteiger partial charge >= 0.3 is 0 Å². The van der Waals surface area contributed by atoms with Gasteiger partial charge in [-0.25, -0.2) is 4.98 Å². The molecule has 140 valence electrons. The molecular weight excluding hydrogens is 346 g/mol. The van der Waals surface area contributed by atoms with Gasteiger partial charge in [0.25, 0.3) is 5.89 Å². The average Bonchev–Trinajstić information content (AvgIpc) is 3.37. The molecule has 2 aromatic heterocycles. The van der Waals surface area contributed by atoms with Crippen molar-refractivity contribution in [2.45, 2.75) is 12.5 Å². The molecule has 1 fully saturated rings. The van der Waals surface area contributed by atoms with E-state index in [0.29, 0.717) is 28.8 Å². The fourth-order valence-corrected chi connectivity index (χ4v) is 3.21. The van der Waals surface area contributed by atoms with Gasteiger partial charge in [0.1, 0.15) is 5.82 Å². The van der Waals surface area contributed by atoms with Crippen LogP contribution in [0.2, 0.25) is 0 Å². The Balaban J connectivity index is 1.60. The molecule has 3 aromatic rings. The van der Waals surface area contributed by atoms with Crippen molar-refractivity contribution in [2.75, 3.05) is 32.2 Å². The Morgan fingerprint density at radius 3 is 2.74 bits per heavy atom. The molecule has 27 heavy (non-hydrogen) atoms. The second kappa shape index (κ2) is 7.24. The molecule has 0 spiro atoms. The van der Waals surface area contributed by atoms with Crippen molar-refractivity contribution in [1.29, 1.82) is 0 Å². The molecule has 1 aromatic carbocycles. The van der Waals surface area contributed by atoms with Gasteiger partial charge in [0.05, 0.1) is 25.3 Å². The summed E-state index contributed by atoms with van der Waals surface area (Å²) in [5.74, 6) is 2.89. The van der Waals surface area contributed by atoms with Crippen molar-refractivity contribution in [3.63, 3.8) is 0 Å². The number of benzene rings is 1. The second-order valence-corrected chi connectivity index (χ2v) is 6.36. The van der Waals surface area contributed by atoms with Crippen LogP contribution < -0.4 is 20.1 Å². The van der Waals surface area contributed by atoms with Gasteiger partial charge in [-0.3, -0.25) is 0 Å². The van der Waals surface area contributed by atoms with Crippen LogP contribution >= 0.6 is 0 Å². The smallest absolute Gasteiger partial charge is 0.259 e. The molecule has 1 aliphatic heterocycles. The third kappa shape index (κ3) is 3.31. The van der Waals surface area contributed by atoms with E-state index >= 15 is 0 Å². The van der Waals surface area contributed by atoms with Crippen molar-refractivity contribution < 1.29 is 14.0 Å². The lowest BCUT2D eigenvalue weighted by molar-refractivity contribution is 0.355. The Labute approximate surface area is 156 Å². The molecule has 1 atom stereocenters. The summed E-state index contributed by atoms with van der Waals surface area (Å²) in [6.45, 7) is 1.75. The van der Waals surface area contributed by atoms with Crippen LogP contribution in [0.5, 0.6) is 11.5 Å². The zero-order valence-corrected chi connectivity index (χ0v) is 15.3. The topological polar surface area (TPSA) is 99.5 Å². The van der Waals surface area contributed by atoms with Crippen molar-refractivity contribution in [3.05, 3.63) is 36.5 Å². The van der Waals surface area contributed by atoms with Crippen LogP contribution in [0.3, 0.4) is 0 Å². The molecule has 8 heteroatoms. The summed E-state index contributed by atoms with van der Waals surface area (Å²) >= 11 is 0. The molecule has 0 saturated carbocycles. The summed E-state index contributed by atoms with van der Waals surface area (Å²) in [7, 11) is 3.17. The highest BCUT2D eigenvalue weighted by Gasteiger charge is 2.21. The summed E-state index contributed by atoms with van der Waals surface area (Å²) < 4.78 is 16.2. The van der Waals surface area contributed by atoms with E-state index in [9.17, 15) is 0 Å². The maximum Gasteiger partial charge on any atom is 0.259 e. The van der Waals surface area contributed by atoms with E-state index in [1.807, 2.05) is 30.3 Å². The van der Waals surface area contributed by atoms with E-state index in [1.165, 1.54) is 0 Å². The van der Waals surface area contributed by atoms with Gasteiger partial charge in [-0.2, -0.15) is 4.98 Å². The highest BCUT2D eigenvalue weighted by molar-refractivity contribution is 5.69. The highest BCUT2D eigenvalue weighted by Crippen LogP contribution is 2.37. The Kier molecular flexibility index (Phi) is 4.64. The predicted molar refractivity (Wildman–Crippen MR) is 101 cm³/mol. The van der Waals surface area contributed by atoms with Crippen LogP contribution in [-0.2, 0) is 0 Å². The van der Waals surface area contributed by atoms with Crippen molar-refractivity contribution >= 4 is 5.82 Å². The van der Waals surface area contributed by atoms with E-state index in [-0.39, 0.29) is 6.04 Å². The van der Waals surface area contributed by atoms with Gasteiger partial charge in [-0.15, -0.1) is 0 Å². The van der Waals surface area contributed by atoms with Gasteiger partial charge in [0.2, 0.25) is 5.82 Å². The van der Waals surface area contributed by atoms with Crippen LogP contribution in [0.1, 0.15) is 6.42 Å². The molecule has 0 radical (unpaired) electrons. The van der Waals surface area contributed by atoms with E-state index in [1.54, 1.807) is 20.4 Å². The SMILES string of the molecule is COc1cccc(-c2noc(-c3ccc(N4CCC(N)C4)nc3)n2)c1OC. The van der Waals surface area contributed by atoms with Gasteiger partial charge in [-0.05, 0) is 30.7 Å². The molecule has 1 unspecified atom stereocenters. The number of hydrogen-bond acceptors (Lipinski definition) is 8. The summed E-state index contributed by atoms with van der Waals surface area (Å²) in [6.07, 6.45) is 2.72. The number of hydrogen-bond donors (Lipinski definition) is 1. The Morgan fingerprint density at radius 2 is 2.07 bits per heavy atom. The number of ether oxygens (including phenoxy) is 2. The predicted octanol–water partition coefficient (Wildman–Crippen LogP) is 2.35. The third-order valence-electron chi connectivity index (χ3n) is 4.61. The van der Waals surface area contributed by atoms with E-state index < -0.39 is 0 Å². The lowest BCUT2D eigenvalue weighted by Crippen LogP contribution is -2.26. The van der Waals surface area contributed by atoms with Crippen LogP contribution in [0, 0.1) is 0 Å². The molecule has 1 saturated heterocycles. The molecule has 4 rings (SSSR count). The minimum atomic E-state index is 0.211. The summed E-state index contributed by atoms with van der Waals surface area (Å²) in [5, 5.41) is 4.08. The standard InChI is InChI=1S/C19H21N5O3/c1-25-15-5-3-4-14(17(15)26-2)18-22-19(27-23-18)12-6-7-16(21-10-12)24-9-8-13(20)11-24/h3-7,10,13H,8-9,11,20H2,1-2H3. The van der Waals surface area contributed by atoms with Gasteiger partial charge < -0.3 is 24.6 Å². The van der Waals surface area contributed by atoms with Crippen LogP contribution in [0.25, 0.3) is 22.8 Å². The van der Waals surface area contributed by atoms with E-state index in [2.05, 4.69) is 20.0 Å². The number of rotatable bonds is 5. The van der Waals surface area contributed by atoms with Crippen molar-refractivity contribution in [2.24, 2.45) is 5.73 Å². The first-order valence-electron chi connectivity index (χ1n) is 8.71. The first kappa shape index (κ1) is 17.3. The number of anilines is 1. The van der Waals surface area contributed by atoms with E-state index in [4.69, 9.17) is 19.7 Å². The molecule has 2 N–H and O–H groups in total. The minimum absolute atomic E-state index is 0.211. The summed E-state index contributed by atoms with van der Waals surface area (Å²) in [6, 6.07) is 9.60. The van der Waals surface area contributed by atoms with Gasteiger partial charge in [0, 0.05) is 25.3 Å². The highest BCUT2D eigenvalue weighted by atomic mass is 16.5. The number of methoxy groups -OCH3 is 2. The third-order valence-corrected chi connectivity index (χ3v) is 4.61. The number of para-hydroxylation sites is 1. The molecule has 1 aliphatic rings. The monoisotopic (exact) mass is 367 g/mol. The van der Waals surface area contributed by atoms with Crippen LogP contribution in [0.4, 0.5) is 5.82 Å². The molecule has 0 amide bonds. The fourth-order valence-electron chi connectivity index (χ4n) is 3.21. The van der Waals surface area contributed by atoms with E-state index in [0.717, 1.165) is 30.9 Å². The first-order chi connectivity index (χ1) is 13.2. The second-order valence-electron chi connectivity index (χ2n) is 6.36. The van der Waals surface area contributed by atoms with Crippen molar-refractivity contribution in [3.8, 4) is 34.3 Å². The Morgan fingerprint density at radius 1 is 1.19 bits per heavy atom. The zero-order valence-electron chi connectivity index (χ0n) is 15.3. The Hall–Kier alpha value is -3.13. The first-order valence-corrected chi connectivity index (χ1v) is 8.71. The molecule has 3 heterocycles. The number of aromatic nitrogens is 3. The Bertz CT molecular complexity index is 925. The number of nitrogens with zero attached hydrogens (tertiary/aromatic N) is 4. The quantitative estimate of drug-likeness (QED) is 0.734. The van der Waals surface area contributed by atoms with Crippen molar-refractivity contribution in [1.82, 2.24) is 15.1 Å². The van der Waals surface area contributed by atoms with Crippen LogP contribution in [0.15, 0.2) is 41.1 Å². The van der Waals surface area contributed by atoms with Crippen LogP contribution in [-0.4, -0.2) is 48.5 Å². The molecule has 8 nitrogen and oxygen atoms in total. The average molecular weight is 367 g/mol. The lowest BCUT2D eigenvalue weighted by Gasteiger charge is -2.16. The summed E-state index contributed by atoms with van der Waals surface area (Å²) in [4.78, 5) is 11.2. The fraction of sp³-hybridized carbons (Fsp3) is 0.316. The van der Waals surface area contributed by atoms with Gasteiger partial charge in [0.15, 0.2) is 11.5 Å². The normalized spacial score (nSPS) is 16.6. The molecular formula is C19H21N5O3. The summed E-state index contributed by atoms with van der Waals surface area (Å²) in [5.41, 5.74) is 7.41. The minimum Gasteiger partial charge on any atom is -0.493 e. The maximum absolute atomic E-state index is 5.96. The lowest BCUT2D eigenvalue weighted by atomic mass is 10.1. The molecule has 0 bridgehead atoms. The molecule has 0 aliphatic carbocycles. The van der Waals surface area contributed by atoms with Gasteiger partial charge in [-0.1, -0.05) is 11.2 Å². The maximum atomic E-state index is 5.96. The zero-order chi connectivity index (χ0) is 18.8. The number of pyridine rings is 1. The number of nitrogens with two attached hydrogens (primary N) is 1. The largest absolute Gasteiger partial charge is 0.493 e.